The normalized spacial score (nSPS) is 9.78. The first-order valence-electron chi connectivity index (χ1n) is 3.08. The molecule has 3 heteroatoms. The molecule has 0 heterocycles. The largest absolute Gasteiger partial charge is 0.394 e. The Bertz CT molecular complexity index is 89.1. The minimum absolute atomic E-state index is 0.0967. The zero-order valence-electron chi connectivity index (χ0n) is 5.69. The Balaban J connectivity index is 3.64. The van der Waals surface area contributed by atoms with Gasteiger partial charge in [-0.2, -0.15) is 0 Å². The third-order valence-electron chi connectivity index (χ3n) is 1.39. The molecule has 0 aliphatic rings. The molecule has 0 saturated carbocycles. The minimum Gasteiger partial charge on any atom is -0.394 e. The zero-order valence-corrected chi connectivity index (χ0v) is 7.84. The van der Waals surface area contributed by atoms with Gasteiger partial charge in [0, 0.05) is 0 Å². The van der Waals surface area contributed by atoms with Crippen LogP contribution in [0, 0.1) is 5.92 Å². The monoisotopic (exact) mass is 242 g/mol. The van der Waals surface area contributed by atoms with Crippen LogP contribution in [0.2, 0.25) is 0 Å². The summed E-state index contributed by atoms with van der Waals surface area (Å²) in [4.78, 5) is 10.7. The van der Waals surface area contributed by atoms with Gasteiger partial charge in [-0.25, -0.2) is 0 Å². The SMILES string of the molecule is CCC(CC)C(=O)OI. The van der Waals surface area contributed by atoms with Gasteiger partial charge in [-0.3, -0.25) is 4.79 Å². The van der Waals surface area contributed by atoms with Crippen molar-refractivity contribution in [3.8, 4) is 0 Å². The average molecular weight is 242 g/mol. The van der Waals surface area contributed by atoms with Crippen LogP contribution >= 0.6 is 23.0 Å². The Hall–Kier alpha value is 0.200. The van der Waals surface area contributed by atoms with Crippen LogP contribution in [0.25, 0.3) is 0 Å². The van der Waals surface area contributed by atoms with Crippen LogP contribution in [0.4, 0.5) is 0 Å². The molecule has 0 N–H and O–H groups in total. The van der Waals surface area contributed by atoms with Crippen molar-refractivity contribution in [3.63, 3.8) is 0 Å². The van der Waals surface area contributed by atoms with Crippen LogP contribution in [-0.4, -0.2) is 5.97 Å². The topological polar surface area (TPSA) is 26.3 Å². The van der Waals surface area contributed by atoms with Gasteiger partial charge in [-0.05, 0) is 12.8 Å². The molecule has 0 spiro atoms. The Kier molecular flexibility index (Phi) is 5.13. The third kappa shape index (κ3) is 3.03. The molecule has 0 rings (SSSR count). The second kappa shape index (κ2) is 5.02. The summed E-state index contributed by atoms with van der Waals surface area (Å²) in [5.74, 6) is 0.00231. The number of hydrogen-bond acceptors (Lipinski definition) is 2. The summed E-state index contributed by atoms with van der Waals surface area (Å²) in [6.07, 6.45) is 1.75. The van der Waals surface area contributed by atoms with Crippen molar-refractivity contribution in [3.05, 3.63) is 0 Å². The highest BCUT2D eigenvalue weighted by molar-refractivity contribution is 14.1. The molecule has 0 saturated heterocycles. The molecular formula is C6H11IO2. The van der Waals surface area contributed by atoms with Crippen LogP contribution in [0.3, 0.4) is 0 Å². The highest BCUT2D eigenvalue weighted by Gasteiger charge is 2.13. The van der Waals surface area contributed by atoms with Crippen LogP contribution in [0.1, 0.15) is 26.7 Å². The van der Waals surface area contributed by atoms with Crippen LogP contribution in [-0.2, 0) is 7.86 Å². The molecule has 0 aromatic rings. The van der Waals surface area contributed by atoms with Crippen molar-refractivity contribution in [1.29, 1.82) is 0 Å². The van der Waals surface area contributed by atoms with Gasteiger partial charge in [0.05, 0.1) is 5.92 Å². The zero-order chi connectivity index (χ0) is 7.28. The molecule has 2 nitrogen and oxygen atoms in total. The Morgan fingerprint density at radius 3 is 2.11 bits per heavy atom. The molecule has 0 aliphatic heterocycles. The summed E-state index contributed by atoms with van der Waals surface area (Å²) < 4.78 is 4.53. The first-order valence-corrected chi connectivity index (χ1v) is 3.96. The first kappa shape index (κ1) is 9.20. The van der Waals surface area contributed by atoms with Crippen molar-refractivity contribution < 1.29 is 7.86 Å². The maximum Gasteiger partial charge on any atom is 0.318 e. The second-order valence-corrected chi connectivity index (χ2v) is 2.35. The minimum atomic E-state index is -0.0967. The van der Waals surface area contributed by atoms with Crippen LogP contribution in [0.15, 0.2) is 0 Å². The molecule has 0 aliphatic carbocycles. The lowest BCUT2D eigenvalue weighted by atomic mass is 10.0. The number of carbonyl (C=O) groups is 1. The summed E-state index contributed by atoms with van der Waals surface area (Å²) in [6.45, 7) is 3.98. The number of rotatable bonds is 3. The van der Waals surface area contributed by atoms with Gasteiger partial charge in [0.1, 0.15) is 0 Å². The van der Waals surface area contributed by atoms with Crippen molar-refractivity contribution >= 4 is 29.0 Å². The van der Waals surface area contributed by atoms with Gasteiger partial charge < -0.3 is 3.07 Å². The summed E-state index contributed by atoms with van der Waals surface area (Å²) >= 11 is 1.63. The molecule has 0 bridgehead atoms. The van der Waals surface area contributed by atoms with E-state index in [1.807, 2.05) is 13.8 Å². The predicted octanol–water partition coefficient (Wildman–Crippen LogP) is 2.32. The Morgan fingerprint density at radius 1 is 1.56 bits per heavy atom. The molecule has 0 radical (unpaired) electrons. The summed E-state index contributed by atoms with van der Waals surface area (Å²) in [6, 6.07) is 0. The van der Waals surface area contributed by atoms with Crippen molar-refractivity contribution in [2.75, 3.05) is 0 Å². The van der Waals surface area contributed by atoms with E-state index in [2.05, 4.69) is 3.07 Å². The molecule has 0 fully saturated rings. The van der Waals surface area contributed by atoms with E-state index in [1.165, 1.54) is 0 Å². The van der Waals surface area contributed by atoms with Crippen LogP contribution < -0.4 is 0 Å². The lowest BCUT2D eigenvalue weighted by molar-refractivity contribution is -0.135. The molecule has 0 unspecified atom stereocenters. The van der Waals surface area contributed by atoms with E-state index in [1.54, 1.807) is 23.0 Å². The summed E-state index contributed by atoms with van der Waals surface area (Å²) in [5, 5.41) is 0. The van der Waals surface area contributed by atoms with E-state index >= 15 is 0 Å². The molecular weight excluding hydrogens is 231 g/mol. The predicted molar refractivity (Wildman–Crippen MR) is 44.2 cm³/mol. The van der Waals surface area contributed by atoms with E-state index in [0.29, 0.717) is 0 Å². The molecule has 0 amide bonds. The summed E-state index contributed by atoms with van der Waals surface area (Å²) in [7, 11) is 0. The van der Waals surface area contributed by atoms with Gasteiger partial charge >= 0.3 is 5.97 Å². The van der Waals surface area contributed by atoms with Crippen molar-refractivity contribution in [2.45, 2.75) is 26.7 Å². The van der Waals surface area contributed by atoms with E-state index in [4.69, 9.17) is 0 Å². The smallest absolute Gasteiger partial charge is 0.318 e. The van der Waals surface area contributed by atoms with E-state index < -0.39 is 0 Å². The van der Waals surface area contributed by atoms with Crippen molar-refractivity contribution in [2.24, 2.45) is 5.92 Å². The quantitative estimate of drug-likeness (QED) is 0.710. The lowest BCUT2D eigenvalue weighted by Gasteiger charge is -2.05. The fraction of sp³-hybridized carbons (Fsp3) is 0.833. The molecule has 0 atom stereocenters. The second-order valence-electron chi connectivity index (χ2n) is 1.91. The fourth-order valence-electron chi connectivity index (χ4n) is 0.685. The Labute approximate surface area is 69.7 Å². The van der Waals surface area contributed by atoms with Gasteiger partial charge in [-0.1, -0.05) is 13.8 Å². The highest BCUT2D eigenvalue weighted by Crippen LogP contribution is 2.10. The standard InChI is InChI=1S/C6H11IO2/c1-3-5(4-2)6(8)9-7/h5H,3-4H2,1-2H3. The van der Waals surface area contributed by atoms with Crippen molar-refractivity contribution in [1.82, 2.24) is 0 Å². The van der Waals surface area contributed by atoms with E-state index in [9.17, 15) is 4.79 Å². The number of halogens is 1. The number of carbonyl (C=O) groups excluding carboxylic acids is 1. The van der Waals surface area contributed by atoms with Crippen LogP contribution in [0.5, 0.6) is 0 Å². The molecule has 54 valence electrons. The summed E-state index contributed by atoms with van der Waals surface area (Å²) in [5.41, 5.74) is 0. The van der Waals surface area contributed by atoms with E-state index in [-0.39, 0.29) is 11.9 Å². The molecule has 0 aromatic heterocycles. The maximum absolute atomic E-state index is 10.7. The van der Waals surface area contributed by atoms with Gasteiger partial charge in [0.2, 0.25) is 0 Å². The Morgan fingerprint density at radius 2 is 2.00 bits per heavy atom. The van der Waals surface area contributed by atoms with E-state index in [0.717, 1.165) is 12.8 Å². The first-order chi connectivity index (χ1) is 4.26. The third-order valence-corrected chi connectivity index (χ3v) is 1.83. The highest BCUT2D eigenvalue weighted by atomic mass is 127. The molecule has 9 heavy (non-hydrogen) atoms. The van der Waals surface area contributed by atoms with Gasteiger partial charge in [0.25, 0.3) is 0 Å². The van der Waals surface area contributed by atoms with Gasteiger partial charge in [-0.15, -0.1) is 0 Å². The lowest BCUT2D eigenvalue weighted by Crippen LogP contribution is -2.11. The molecule has 0 aromatic carbocycles. The number of hydrogen-bond donors (Lipinski definition) is 0. The van der Waals surface area contributed by atoms with Gasteiger partial charge in [0.15, 0.2) is 23.0 Å². The average Bonchev–Trinajstić information content (AvgIpc) is 1.90. The maximum atomic E-state index is 10.7. The fourth-order valence-corrected chi connectivity index (χ4v) is 1.04.